The maximum Gasteiger partial charge on any atom is 0.338 e. The van der Waals surface area contributed by atoms with Crippen LogP contribution in [0.5, 0.6) is 0 Å². The molecule has 150 valence electrons. The number of rotatable bonds is 4. The molecule has 0 aliphatic heterocycles. The molecule has 0 spiro atoms. The molecule has 3 nitrogen and oxygen atoms in total. The molecular weight excluding hydrogens is 348 g/mol. The highest BCUT2D eigenvalue weighted by Gasteiger charge is 2.26. The van der Waals surface area contributed by atoms with E-state index in [4.69, 9.17) is 4.74 Å². The molecule has 0 unspecified atom stereocenters. The van der Waals surface area contributed by atoms with Gasteiger partial charge in [-0.05, 0) is 44.0 Å². The Balaban J connectivity index is 2.25. The molecule has 0 saturated carbocycles. The van der Waals surface area contributed by atoms with Gasteiger partial charge in [0, 0.05) is 16.4 Å². The summed E-state index contributed by atoms with van der Waals surface area (Å²) in [4.78, 5) is 24.7. The molecule has 0 fully saturated rings. The molecule has 0 radical (unpaired) electrons. The summed E-state index contributed by atoms with van der Waals surface area (Å²) >= 11 is 0. The fourth-order valence-corrected chi connectivity index (χ4v) is 3.00. The average molecular weight is 381 g/mol. The molecule has 0 amide bonds. The number of hydrogen-bond donors (Lipinski definition) is 0. The van der Waals surface area contributed by atoms with Crippen LogP contribution in [0.1, 0.15) is 87.2 Å². The summed E-state index contributed by atoms with van der Waals surface area (Å²) < 4.78 is 5.43. The second-order valence-corrected chi connectivity index (χ2v) is 9.86. The molecule has 0 saturated heterocycles. The summed E-state index contributed by atoms with van der Waals surface area (Å²) in [5.41, 5.74) is 2.32. The first-order valence-corrected chi connectivity index (χ1v) is 9.71. The highest BCUT2D eigenvalue weighted by Crippen LogP contribution is 2.32. The van der Waals surface area contributed by atoms with Crippen molar-refractivity contribution in [1.82, 2.24) is 0 Å². The lowest BCUT2D eigenvalue weighted by Crippen LogP contribution is -2.24. The molecule has 0 aliphatic carbocycles. The Morgan fingerprint density at radius 3 is 1.39 bits per heavy atom. The second kappa shape index (κ2) is 7.54. The van der Waals surface area contributed by atoms with Crippen molar-refractivity contribution in [2.75, 3.05) is 0 Å². The SMILES string of the molecule is CC(C)(C)OC(=O)c1ccc(C(C)(C)c2ccc(C(=O)C(C)(C)C)cc2)cc1. The van der Waals surface area contributed by atoms with Crippen LogP contribution < -0.4 is 0 Å². The van der Waals surface area contributed by atoms with E-state index in [1.54, 1.807) is 0 Å². The van der Waals surface area contributed by atoms with Crippen LogP contribution in [0, 0.1) is 5.41 Å². The zero-order valence-corrected chi connectivity index (χ0v) is 18.3. The van der Waals surface area contributed by atoms with Crippen molar-refractivity contribution in [3.8, 4) is 0 Å². The van der Waals surface area contributed by atoms with Crippen molar-refractivity contribution in [3.05, 3.63) is 70.8 Å². The van der Waals surface area contributed by atoms with E-state index in [2.05, 4.69) is 13.8 Å². The van der Waals surface area contributed by atoms with Gasteiger partial charge < -0.3 is 4.74 Å². The average Bonchev–Trinajstić information content (AvgIpc) is 2.59. The van der Waals surface area contributed by atoms with E-state index >= 15 is 0 Å². The molecule has 0 atom stereocenters. The van der Waals surface area contributed by atoms with E-state index in [0.717, 1.165) is 16.7 Å². The molecule has 0 bridgehead atoms. The van der Waals surface area contributed by atoms with E-state index in [1.807, 2.05) is 90.1 Å². The molecule has 0 aliphatic rings. The van der Waals surface area contributed by atoms with E-state index in [9.17, 15) is 9.59 Å². The topological polar surface area (TPSA) is 43.4 Å². The van der Waals surface area contributed by atoms with Crippen LogP contribution in [-0.2, 0) is 10.2 Å². The van der Waals surface area contributed by atoms with Crippen molar-refractivity contribution in [2.24, 2.45) is 5.41 Å². The molecule has 2 aromatic rings. The first-order chi connectivity index (χ1) is 12.7. The van der Waals surface area contributed by atoms with Crippen molar-refractivity contribution >= 4 is 11.8 Å². The number of carbonyl (C=O) groups is 2. The Morgan fingerprint density at radius 1 is 0.643 bits per heavy atom. The molecule has 2 rings (SSSR count). The Morgan fingerprint density at radius 2 is 1.04 bits per heavy atom. The zero-order valence-electron chi connectivity index (χ0n) is 18.3. The third-order valence-corrected chi connectivity index (χ3v) is 4.79. The standard InChI is InChI=1S/C25H32O3/c1-23(2,3)21(26)17-9-13-19(14-10-17)25(7,8)20-15-11-18(12-16-20)22(27)28-24(4,5)6/h9-16H,1-8H3. The number of hydrogen-bond acceptors (Lipinski definition) is 3. The number of benzene rings is 2. The first kappa shape index (κ1) is 21.9. The lowest BCUT2D eigenvalue weighted by molar-refractivity contribution is 0.00694. The number of carbonyl (C=O) groups excluding carboxylic acids is 2. The fourth-order valence-electron chi connectivity index (χ4n) is 3.00. The normalized spacial score (nSPS) is 12.6. The Bertz CT molecular complexity index is 843. The van der Waals surface area contributed by atoms with Crippen molar-refractivity contribution in [1.29, 1.82) is 0 Å². The van der Waals surface area contributed by atoms with Crippen LogP contribution in [0.15, 0.2) is 48.5 Å². The predicted molar refractivity (Wildman–Crippen MR) is 114 cm³/mol. The monoisotopic (exact) mass is 380 g/mol. The van der Waals surface area contributed by atoms with Gasteiger partial charge in [0.2, 0.25) is 0 Å². The summed E-state index contributed by atoms with van der Waals surface area (Å²) in [6, 6.07) is 15.4. The van der Waals surface area contributed by atoms with Crippen molar-refractivity contribution in [3.63, 3.8) is 0 Å². The largest absolute Gasteiger partial charge is 0.456 e. The van der Waals surface area contributed by atoms with Gasteiger partial charge in [0.25, 0.3) is 0 Å². The van der Waals surface area contributed by atoms with Gasteiger partial charge in [-0.3, -0.25) is 4.79 Å². The van der Waals surface area contributed by atoms with E-state index in [-0.39, 0.29) is 17.2 Å². The smallest absolute Gasteiger partial charge is 0.338 e. The summed E-state index contributed by atoms with van der Waals surface area (Å²) in [6.07, 6.45) is 0. The number of Topliss-reactive ketones (excluding diaryl/α,β-unsaturated/α-hetero) is 1. The van der Waals surface area contributed by atoms with E-state index in [1.165, 1.54) is 0 Å². The summed E-state index contributed by atoms with van der Waals surface area (Å²) in [5.74, 6) is -0.180. The maximum absolute atomic E-state index is 12.5. The highest BCUT2D eigenvalue weighted by molar-refractivity contribution is 5.99. The van der Waals surface area contributed by atoms with Gasteiger partial charge in [0.05, 0.1) is 5.56 Å². The Hall–Kier alpha value is -2.42. The van der Waals surface area contributed by atoms with E-state index in [0.29, 0.717) is 5.56 Å². The molecular formula is C25H32O3. The van der Waals surface area contributed by atoms with Crippen LogP contribution in [0.25, 0.3) is 0 Å². The van der Waals surface area contributed by atoms with Gasteiger partial charge in [-0.2, -0.15) is 0 Å². The minimum atomic E-state index is -0.513. The maximum atomic E-state index is 12.5. The van der Waals surface area contributed by atoms with E-state index < -0.39 is 11.0 Å². The van der Waals surface area contributed by atoms with Gasteiger partial charge in [-0.25, -0.2) is 4.79 Å². The molecule has 3 heteroatoms. The number of ketones is 1. The van der Waals surface area contributed by atoms with Crippen molar-refractivity contribution in [2.45, 2.75) is 66.4 Å². The fraction of sp³-hybridized carbons (Fsp3) is 0.440. The highest BCUT2D eigenvalue weighted by atomic mass is 16.6. The number of ether oxygens (including phenoxy) is 1. The Labute approximate surface area is 169 Å². The molecule has 2 aromatic carbocycles. The van der Waals surface area contributed by atoms with Gasteiger partial charge in [-0.15, -0.1) is 0 Å². The van der Waals surface area contributed by atoms with Crippen molar-refractivity contribution < 1.29 is 14.3 Å². The summed E-state index contributed by atoms with van der Waals surface area (Å²) in [6.45, 7) is 15.6. The minimum absolute atomic E-state index is 0.138. The van der Waals surface area contributed by atoms with Crippen LogP contribution in [-0.4, -0.2) is 17.4 Å². The molecule has 0 N–H and O–H groups in total. The quantitative estimate of drug-likeness (QED) is 0.469. The number of esters is 1. The summed E-state index contributed by atoms with van der Waals surface area (Å²) in [5, 5.41) is 0. The lowest BCUT2D eigenvalue weighted by atomic mass is 9.77. The van der Waals surface area contributed by atoms with Gasteiger partial charge in [-0.1, -0.05) is 71.0 Å². The summed E-state index contributed by atoms with van der Waals surface area (Å²) in [7, 11) is 0. The van der Waals surface area contributed by atoms with Crippen LogP contribution in [0.3, 0.4) is 0 Å². The van der Waals surface area contributed by atoms with Crippen LogP contribution >= 0.6 is 0 Å². The molecule has 28 heavy (non-hydrogen) atoms. The zero-order chi connectivity index (χ0) is 21.3. The second-order valence-electron chi connectivity index (χ2n) is 9.86. The molecule has 0 aromatic heterocycles. The van der Waals surface area contributed by atoms with Gasteiger partial charge in [0.1, 0.15) is 5.60 Å². The third-order valence-electron chi connectivity index (χ3n) is 4.79. The first-order valence-electron chi connectivity index (χ1n) is 9.71. The predicted octanol–water partition coefficient (Wildman–Crippen LogP) is 6.20. The van der Waals surface area contributed by atoms with Gasteiger partial charge in [0.15, 0.2) is 5.78 Å². The van der Waals surface area contributed by atoms with Crippen LogP contribution in [0.4, 0.5) is 0 Å². The minimum Gasteiger partial charge on any atom is -0.456 e. The van der Waals surface area contributed by atoms with Crippen LogP contribution in [0.2, 0.25) is 0 Å². The molecule has 0 heterocycles. The lowest BCUT2D eigenvalue weighted by Gasteiger charge is -2.27. The Kier molecular flexibility index (Phi) is 5.89. The third kappa shape index (κ3) is 5.09. The van der Waals surface area contributed by atoms with Gasteiger partial charge >= 0.3 is 5.97 Å².